The molecule has 0 aliphatic heterocycles. The van der Waals surface area contributed by atoms with E-state index in [4.69, 9.17) is 5.73 Å². The summed E-state index contributed by atoms with van der Waals surface area (Å²) in [5.41, 5.74) is 5.80. The summed E-state index contributed by atoms with van der Waals surface area (Å²) in [6.45, 7) is 1.80. The third kappa shape index (κ3) is 3.75. The van der Waals surface area contributed by atoms with Crippen molar-refractivity contribution in [2.75, 3.05) is 5.75 Å². The molecule has 0 bridgehead atoms. The minimum atomic E-state index is -0.285. The van der Waals surface area contributed by atoms with Crippen molar-refractivity contribution < 1.29 is 9.59 Å². The first kappa shape index (κ1) is 11.8. The Kier molecular flexibility index (Phi) is 4.37. The molecular weight excluding hydrogens is 210 g/mol. The van der Waals surface area contributed by atoms with Gasteiger partial charge in [-0.1, -0.05) is 19.1 Å². The van der Waals surface area contributed by atoms with Crippen molar-refractivity contribution in [2.24, 2.45) is 11.7 Å². The molecule has 3 nitrogen and oxygen atoms in total. The lowest BCUT2D eigenvalue weighted by Crippen LogP contribution is -2.22. The predicted molar refractivity (Wildman–Crippen MR) is 60.9 cm³/mol. The molecule has 1 amide bonds. The molecule has 1 rings (SSSR count). The van der Waals surface area contributed by atoms with E-state index in [1.165, 1.54) is 0 Å². The van der Waals surface area contributed by atoms with E-state index in [1.54, 1.807) is 30.8 Å². The van der Waals surface area contributed by atoms with Crippen molar-refractivity contribution in [3.8, 4) is 0 Å². The third-order valence-corrected chi connectivity index (χ3v) is 3.27. The van der Waals surface area contributed by atoms with Crippen LogP contribution < -0.4 is 5.73 Å². The van der Waals surface area contributed by atoms with E-state index in [2.05, 4.69) is 0 Å². The van der Waals surface area contributed by atoms with Gasteiger partial charge in [0.15, 0.2) is 0 Å². The number of rotatable bonds is 5. The Balaban J connectivity index is 2.51. The quantitative estimate of drug-likeness (QED) is 0.610. The number of benzene rings is 1. The third-order valence-electron chi connectivity index (χ3n) is 2.00. The second-order valence-corrected chi connectivity index (χ2v) is 4.39. The van der Waals surface area contributed by atoms with E-state index in [0.29, 0.717) is 11.3 Å². The summed E-state index contributed by atoms with van der Waals surface area (Å²) in [6, 6.07) is 7.23. The second kappa shape index (κ2) is 5.56. The molecule has 1 atom stereocenters. The van der Waals surface area contributed by atoms with E-state index in [0.717, 1.165) is 11.2 Å². The van der Waals surface area contributed by atoms with Crippen molar-refractivity contribution >= 4 is 24.0 Å². The Morgan fingerprint density at radius 1 is 1.47 bits per heavy atom. The highest BCUT2D eigenvalue weighted by atomic mass is 32.2. The summed E-state index contributed by atoms with van der Waals surface area (Å²) in [7, 11) is 0. The fourth-order valence-electron chi connectivity index (χ4n) is 0.946. The Hall–Kier alpha value is -1.29. The molecule has 0 aliphatic rings. The first-order valence-corrected chi connectivity index (χ1v) is 5.59. The van der Waals surface area contributed by atoms with Gasteiger partial charge in [0.2, 0.25) is 5.91 Å². The van der Waals surface area contributed by atoms with Gasteiger partial charge in [-0.15, -0.1) is 11.8 Å². The summed E-state index contributed by atoms with van der Waals surface area (Å²) in [5.74, 6) is 0.239. The Morgan fingerprint density at radius 3 is 2.53 bits per heavy atom. The van der Waals surface area contributed by atoms with Crippen LogP contribution in [0.1, 0.15) is 17.3 Å². The molecular formula is C11H13NO2S. The van der Waals surface area contributed by atoms with Crippen LogP contribution in [0.2, 0.25) is 0 Å². The molecule has 0 saturated heterocycles. The van der Waals surface area contributed by atoms with E-state index < -0.39 is 0 Å². The summed E-state index contributed by atoms with van der Waals surface area (Å²) in [5, 5.41) is 0. The van der Waals surface area contributed by atoms with Crippen LogP contribution in [0, 0.1) is 5.92 Å². The fraction of sp³-hybridized carbons (Fsp3) is 0.273. The molecule has 1 aromatic rings. The van der Waals surface area contributed by atoms with Gasteiger partial charge < -0.3 is 5.73 Å². The van der Waals surface area contributed by atoms with Crippen LogP contribution in [0.4, 0.5) is 0 Å². The van der Waals surface area contributed by atoms with Gasteiger partial charge in [-0.2, -0.15) is 0 Å². The molecule has 0 fully saturated rings. The monoisotopic (exact) mass is 223 g/mol. The zero-order valence-electron chi connectivity index (χ0n) is 8.47. The average molecular weight is 223 g/mol. The SMILES string of the molecule is CC(CSc1ccc(C=O)cc1)C(N)=O. The van der Waals surface area contributed by atoms with Crippen molar-refractivity contribution in [3.05, 3.63) is 29.8 Å². The molecule has 0 saturated carbocycles. The molecule has 0 aromatic heterocycles. The molecule has 80 valence electrons. The zero-order chi connectivity index (χ0) is 11.3. The van der Waals surface area contributed by atoms with Gasteiger partial charge in [-0.3, -0.25) is 9.59 Å². The minimum Gasteiger partial charge on any atom is -0.369 e. The van der Waals surface area contributed by atoms with Gasteiger partial charge in [0, 0.05) is 22.1 Å². The highest BCUT2D eigenvalue weighted by Gasteiger charge is 2.08. The highest BCUT2D eigenvalue weighted by molar-refractivity contribution is 7.99. The maximum absolute atomic E-state index is 10.8. The number of primary amides is 1. The number of hydrogen-bond donors (Lipinski definition) is 1. The Morgan fingerprint density at radius 2 is 2.07 bits per heavy atom. The molecule has 0 aliphatic carbocycles. The lowest BCUT2D eigenvalue weighted by atomic mass is 10.2. The van der Waals surface area contributed by atoms with Gasteiger partial charge in [-0.05, 0) is 12.1 Å². The highest BCUT2D eigenvalue weighted by Crippen LogP contribution is 2.20. The van der Waals surface area contributed by atoms with Gasteiger partial charge in [0.25, 0.3) is 0 Å². The van der Waals surface area contributed by atoms with Gasteiger partial charge in [-0.25, -0.2) is 0 Å². The van der Waals surface area contributed by atoms with Crippen LogP contribution in [-0.4, -0.2) is 17.9 Å². The molecule has 4 heteroatoms. The maximum Gasteiger partial charge on any atom is 0.221 e. The number of carbonyl (C=O) groups excluding carboxylic acids is 2. The molecule has 0 heterocycles. The maximum atomic E-state index is 10.8. The van der Waals surface area contributed by atoms with Crippen LogP contribution in [0.5, 0.6) is 0 Å². The number of carbonyl (C=O) groups is 2. The van der Waals surface area contributed by atoms with Crippen molar-refractivity contribution in [2.45, 2.75) is 11.8 Å². The van der Waals surface area contributed by atoms with Gasteiger partial charge in [0.05, 0.1) is 0 Å². The van der Waals surface area contributed by atoms with Crippen LogP contribution >= 0.6 is 11.8 Å². The van der Waals surface area contributed by atoms with Crippen molar-refractivity contribution in [3.63, 3.8) is 0 Å². The van der Waals surface area contributed by atoms with E-state index in [1.807, 2.05) is 12.1 Å². The van der Waals surface area contributed by atoms with E-state index >= 15 is 0 Å². The number of thioether (sulfide) groups is 1. The lowest BCUT2D eigenvalue weighted by Gasteiger charge is -2.06. The van der Waals surface area contributed by atoms with Crippen LogP contribution in [-0.2, 0) is 4.79 Å². The predicted octanol–water partition coefficient (Wildman–Crippen LogP) is 1.71. The lowest BCUT2D eigenvalue weighted by molar-refractivity contribution is -0.120. The van der Waals surface area contributed by atoms with Crippen LogP contribution in [0.3, 0.4) is 0 Å². The number of amides is 1. The molecule has 1 unspecified atom stereocenters. The Bertz CT molecular complexity index is 348. The topological polar surface area (TPSA) is 60.2 Å². The Labute approximate surface area is 93.0 Å². The molecule has 15 heavy (non-hydrogen) atoms. The minimum absolute atomic E-state index is 0.138. The summed E-state index contributed by atoms with van der Waals surface area (Å²) >= 11 is 1.56. The standard InChI is InChI=1S/C11H13NO2S/c1-8(11(12)14)7-15-10-4-2-9(6-13)3-5-10/h2-6,8H,7H2,1H3,(H2,12,14). The first-order valence-electron chi connectivity index (χ1n) is 4.61. The van der Waals surface area contributed by atoms with Crippen molar-refractivity contribution in [1.29, 1.82) is 0 Å². The van der Waals surface area contributed by atoms with E-state index in [-0.39, 0.29) is 11.8 Å². The van der Waals surface area contributed by atoms with Crippen molar-refractivity contribution in [1.82, 2.24) is 0 Å². The molecule has 0 radical (unpaired) electrons. The smallest absolute Gasteiger partial charge is 0.221 e. The second-order valence-electron chi connectivity index (χ2n) is 3.30. The summed E-state index contributed by atoms with van der Waals surface area (Å²) in [6.07, 6.45) is 0.806. The molecule has 0 spiro atoms. The number of aldehydes is 1. The van der Waals surface area contributed by atoms with E-state index in [9.17, 15) is 9.59 Å². The summed E-state index contributed by atoms with van der Waals surface area (Å²) in [4.78, 5) is 22.2. The number of nitrogens with two attached hydrogens (primary N) is 1. The van der Waals surface area contributed by atoms with Gasteiger partial charge in [0.1, 0.15) is 6.29 Å². The summed E-state index contributed by atoms with van der Waals surface area (Å²) < 4.78 is 0. The normalized spacial score (nSPS) is 12.1. The largest absolute Gasteiger partial charge is 0.369 e. The first-order chi connectivity index (χ1) is 7.13. The molecule has 1 aromatic carbocycles. The number of hydrogen-bond acceptors (Lipinski definition) is 3. The zero-order valence-corrected chi connectivity index (χ0v) is 9.29. The fourth-order valence-corrected chi connectivity index (χ4v) is 1.88. The average Bonchev–Trinajstić information content (AvgIpc) is 2.26. The molecule has 2 N–H and O–H groups in total. The van der Waals surface area contributed by atoms with Crippen LogP contribution in [0.15, 0.2) is 29.2 Å². The van der Waals surface area contributed by atoms with Gasteiger partial charge >= 0.3 is 0 Å². The van der Waals surface area contributed by atoms with Crippen LogP contribution in [0.25, 0.3) is 0 Å².